The number of carbonyl (C=O) groups excluding carboxylic acids is 1. The highest BCUT2D eigenvalue weighted by molar-refractivity contribution is 8.42. The average molecular weight is 536 g/mol. The lowest BCUT2D eigenvalue weighted by Gasteiger charge is -2.20. The van der Waals surface area contributed by atoms with E-state index in [-0.39, 0.29) is 26.7 Å². The third-order valence-electron chi connectivity index (χ3n) is 5.55. The topological polar surface area (TPSA) is 126 Å². The van der Waals surface area contributed by atoms with Crippen molar-refractivity contribution in [2.45, 2.75) is 20.8 Å². The van der Waals surface area contributed by atoms with E-state index in [0.29, 0.717) is 27.8 Å². The number of hydrogen-bond acceptors (Lipinski definition) is 8. The number of hydrazone groups is 1. The van der Waals surface area contributed by atoms with Gasteiger partial charge in [0.05, 0.1) is 36.3 Å². The maximum Gasteiger partial charge on any atom is 0.283 e. The molecule has 0 saturated heterocycles. The van der Waals surface area contributed by atoms with Crippen LogP contribution in [0.3, 0.4) is 0 Å². The number of thioether (sulfide) groups is 1. The van der Waals surface area contributed by atoms with Gasteiger partial charge in [-0.3, -0.25) is 10.2 Å². The Labute approximate surface area is 211 Å². The van der Waals surface area contributed by atoms with Gasteiger partial charge in [-0.25, -0.2) is 8.42 Å². The highest BCUT2D eigenvalue weighted by Gasteiger charge is 2.39. The summed E-state index contributed by atoms with van der Waals surface area (Å²) in [7, 11) is -0.538. The molecule has 35 heavy (non-hydrogen) atoms. The van der Waals surface area contributed by atoms with Crippen LogP contribution in [0.5, 0.6) is 11.5 Å². The van der Waals surface area contributed by atoms with Crippen molar-refractivity contribution in [3.63, 3.8) is 0 Å². The maximum absolute atomic E-state index is 12.8. The summed E-state index contributed by atoms with van der Waals surface area (Å²) >= 11 is 7.13. The van der Waals surface area contributed by atoms with Crippen LogP contribution < -0.4 is 9.47 Å². The number of hydrogen-bond donors (Lipinski definition) is 1. The van der Waals surface area contributed by atoms with Gasteiger partial charge in [0.1, 0.15) is 11.5 Å². The lowest BCUT2D eigenvalue weighted by molar-refractivity contribution is -0.114. The van der Waals surface area contributed by atoms with E-state index in [0.717, 1.165) is 28.2 Å². The normalized spacial score (nSPS) is 17.0. The third-order valence-corrected chi connectivity index (χ3v) is 8.93. The number of ether oxygens (including phenoxy) is 2. The molecule has 0 unspecified atom stereocenters. The SMILES string of the molecule is CCS(=O)(=O)C1=NN2C(=N)/C(=C/c3cc(C)n(-c4cc(Cl)c(OC)cc4OC)c3C)C(=O)N=C2S1. The average Bonchev–Trinajstić information content (AvgIpc) is 3.37. The van der Waals surface area contributed by atoms with Crippen molar-refractivity contribution in [1.82, 2.24) is 9.58 Å². The van der Waals surface area contributed by atoms with E-state index in [1.165, 1.54) is 14.0 Å². The molecule has 0 radical (unpaired) electrons. The number of amides is 1. The molecule has 1 aromatic heterocycles. The Morgan fingerprint density at radius 1 is 1.17 bits per heavy atom. The number of benzene rings is 1. The van der Waals surface area contributed by atoms with Crippen molar-refractivity contribution in [3.8, 4) is 17.2 Å². The number of fused-ring (bicyclic) bond motifs is 1. The Bertz CT molecular complexity index is 1470. The quantitative estimate of drug-likeness (QED) is 0.577. The van der Waals surface area contributed by atoms with E-state index in [4.69, 9.17) is 26.5 Å². The van der Waals surface area contributed by atoms with Crippen molar-refractivity contribution in [1.29, 1.82) is 5.41 Å². The van der Waals surface area contributed by atoms with Gasteiger partial charge in [0.2, 0.25) is 19.4 Å². The Hall–Kier alpha value is -3.09. The van der Waals surface area contributed by atoms with Crippen molar-refractivity contribution in [2.24, 2.45) is 10.1 Å². The van der Waals surface area contributed by atoms with Crippen LogP contribution >= 0.6 is 23.4 Å². The van der Waals surface area contributed by atoms with Gasteiger partial charge in [-0.2, -0.15) is 10.0 Å². The summed E-state index contributed by atoms with van der Waals surface area (Å²) in [5.41, 5.74) is 2.93. The predicted octanol–water partition coefficient (Wildman–Crippen LogP) is 3.78. The molecule has 10 nitrogen and oxygen atoms in total. The van der Waals surface area contributed by atoms with Crippen LogP contribution in [0.2, 0.25) is 5.02 Å². The number of nitrogens with one attached hydrogen (secondary N) is 1. The molecule has 0 atom stereocenters. The maximum atomic E-state index is 12.8. The van der Waals surface area contributed by atoms with Crippen molar-refractivity contribution in [3.05, 3.63) is 45.7 Å². The lowest BCUT2D eigenvalue weighted by Crippen LogP contribution is -2.35. The molecule has 0 fully saturated rings. The van der Waals surface area contributed by atoms with E-state index in [2.05, 4.69) is 10.1 Å². The summed E-state index contributed by atoms with van der Waals surface area (Å²) in [5.74, 6) is -0.0245. The number of amidine groups is 2. The zero-order valence-electron chi connectivity index (χ0n) is 19.5. The van der Waals surface area contributed by atoms with Gasteiger partial charge in [0, 0.05) is 17.5 Å². The second kappa shape index (κ2) is 9.17. The standard InChI is InChI=1S/C22H22ClN5O5S2/c1-6-35(30,31)22-26-28-19(24)14(20(29)25-21(28)34-22)8-13-7-11(2)27(12(13)3)16-9-15(23)17(32-4)10-18(16)33-5/h7-10,24H,6H2,1-5H3/b14-8-,24-19?. The molecule has 4 rings (SSSR count). The first-order valence-electron chi connectivity index (χ1n) is 10.4. The smallest absolute Gasteiger partial charge is 0.283 e. The fourth-order valence-electron chi connectivity index (χ4n) is 3.70. The Kier molecular flexibility index (Phi) is 6.56. The molecule has 2 aliphatic rings. The first-order valence-corrected chi connectivity index (χ1v) is 13.2. The second-order valence-electron chi connectivity index (χ2n) is 7.61. The largest absolute Gasteiger partial charge is 0.495 e. The molecule has 0 bridgehead atoms. The molecule has 2 aliphatic heterocycles. The molecular formula is C22H22ClN5O5S2. The van der Waals surface area contributed by atoms with E-state index < -0.39 is 15.7 Å². The summed E-state index contributed by atoms with van der Waals surface area (Å²) in [5, 5.41) is 14.1. The fraction of sp³-hybridized carbons (Fsp3) is 0.273. The molecule has 0 saturated carbocycles. The van der Waals surface area contributed by atoms with E-state index >= 15 is 0 Å². The molecule has 0 aliphatic carbocycles. The minimum absolute atomic E-state index is 0.00627. The predicted molar refractivity (Wildman–Crippen MR) is 138 cm³/mol. The minimum atomic E-state index is -3.60. The van der Waals surface area contributed by atoms with Crippen LogP contribution in [0.15, 0.2) is 33.9 Å². The van der Waals surface area contributed by atoms with E-state index in [9.17, 15) is 13.2 Å². The highest BCUT2D eigenvalue weighted by atomic mass is 35.5. The van der Waals surface area contributed by atoms with E-state index in [1.54, 1.807) is 25.3 Å². The van der Waals surface area contributed by atoms with Crippen LogP contribution in [0, 0.1) is 19.3 Å². The number of aryl methyl sites for hydroxylation is 1. The van der Waals surface area contributed by atoms with Crippen LogP contribution in [-0.2, 0) is 14.6 Å². The summed E-state index contributed by atoms with van der Waals surface area (Å²) in [6, 6.07) is 5.28. The Morgan fingerprint density at radius 2 is 1.86 bits per heavy atom. The molecule has 1 aromatic carbocycles. The molecule has 1 N–H and O–H groups in total. The molecule has 3 heterocycles. The fourth-order valence-corrected chi connectivity index (χ4v) is 6.10. The van der Waals surface area contributed by atoms with Crippen molar-refractivity contribution >= 4 is 60.6 Å². The van der Waals surface area contributed by atoms with Crippen LogP contribution in [-0.4, -0.2) is 59.3 Å². The number of halogens is 1. The molecule has 1 amide bonds. The summed E-state index contributed by atoms with van der Waals surface area (Å²) in [4.78, 5) is 16.7. The highest BCUT2D eigenvalue weighted by Crippen LogP contribution is 2.37. The molecule has 184 valence electrons. The number of aromatic nitrogens is 1. The third kappa shape index (κ3) is 4.26. The molecule has 2 aromatic rings. The lowest BCUT2D eigenvalue weighted by atomic mass is 10.1. The molecule has 13 heteroatoms. The monoisotopic (exact) mass is 535 g/mol. The molecule has 0 spiro atoms. The first kappa shape index (κ1) is 25.0. The van der Waals surface area contributed by atoms with Crippen LogP contribution in [0.1, 0.15) is 23.9 Å². The van der Waals surface area contributed by atoms with Gasteiger partial charge in [0.25, 0.3) is 5.91 Å². The van der Waals surface area contributed by atoms with Crippen LogP contribution in [0.25, 0.3) is 11.8 Å². The summed E-state index contributed by atoms with van der Waals surface area (Å²) < 4.78 is 37.0. The second-order valence-corrected chi connectivity index (χ2v) is 11.4. The minimum Gasteiger partial charge on any atom is -0.495 e. The molecular weight excluding hydrogens is 514 g/mol. The van der Waals surface area contributed by atoms with Gasteiger partial charge >= 0.3 is 0 Å². The van der Waals surface area contributed by atoms with Gasteiger partial charge in [0.15, 0.2) is 5.84 Å². The number of carbonyl (C=O) groups is 1. The van der Waals surface area contributed by atoms with Gasteiger partial charge in [-0.05, 0) is 49.4 Å². The van der Waals surface area contributed by atoms with E-state index in [1.807, 2.05) is 24.5 Å². The van der Waals surface area contributed by atoms with Gasteiger partial charge in [-0.1, -0.05) is 18.5 Å². The number of methoxy groups -OCH3 is 2. The number of rotatable bonds is 5. The number of nitrogens with zero attached hydrogens (tertiary/aromatic N) is 4. The van der Waals surface area contributed by atoms with Crippen LogP contribution in [0.4, 0.5) is 0 Å². The van der Waals surface area contributed by atoms with Crippen molar-refractivity contribution in [2.75, 3.05) is 20.0 Å². The Balaban J connectivity index is 1.78. The number of aliphatic imine (C=N–C) groups is 1. The first-order chi connectivity index (χ1) is 16.5. The Morgan fingerprint density at radius 3 is 2.49 bits per heavy atom. The van der Waals surface area contributed by atoms with Crippen molar-refractivity contribution < 1.29 is 22.7 Å². The zero-order chi connectivity index (χ0) is 25.7. The zero-order valence-corrected chi connectivity index (χ0v) is 21.9. The van der Waals surface area contributed by atoms with Gasteiger partial charge < -0.3 is 14.0 Å². The summed E-state index contributed by atoms with van der Waals surface area (Å²) in [6.45, 7) is 5.25. The number of sulfone groups is 1. The summed E-state index contributed by atoms with van der Waals surface area (Å²) in [6.07, 6.45) is 1.55. The van der Waals surface area contributed by atoms with Gasteiger partial charge in [-0.15, -0.1) is 5.10 Å².